The third-order valence-corrected chi connectivity index (χ3v) is 12.7. The number of hydrogen-bond donors (Lipinski definition) is 10. The minimum absolute atomic E-state index is 0.0535. The molecule has 19 heteroatoms. The number of unbranched alkanes of at least 4 members (excludes halogenated alkanes) is 1. The molecule has 5 aromatic carbocycles. The van der Waals surface area contributed by atoms with Gasteiger partial charge in [0.05, 0.1) is 5.92 Å². The average Bonchev–Trinajstić information content (AvgIpc) is 3.74. The van der Waals surface area contributed by atoms with E-state index in [0.717, 1.165) is 33.5 Å². The number of ether oxygens (including phenoxy) is 2. The van der Waals surface area contributed by atoms with Crippen molar-refractivity contribution in [3.8, 4) is 16.9 Å². The lowest BCUT2D eigenvalue weighted by molar-refractivity contribution is -0.129. The molecule has 0 saturated heterocycles. The van der Waals surface area contributed by atoms with Crippen LogP contribution in [-0.4, -0.2) is 104 Å². The van der Waals surface area contributed by atoms with E-state index < -0.39 is 53.6 Å². The number of benzene rings is 5. The van der Waals surface area contributed by atoms with Crippen LogP contribution in [0.2, 0.25) is 0 Å². The molecule has 11 N–H and O–H groups in total. The Bertz CT molecular complexity index is 2760. The molecular formula is C59H74N10O9. The van der Waals surface area contributed by atoms with E-state index in [4.69, 9.17) is 15.2 Å². The number of carbonyl (C=O) groups excluding carboxylic acids is 6. The molecule has 0 aliphatic heterocycles. The molecule has 6 rings (SSSR count). The number of nitrogens with one attached hydrogen (secondary N) is 8. The van der Waals surface area contributed by atoms with Crippen molar-refractivity contribution in [3.63, 3.8) is 0 Å². The Morgan fingerprint density at radius 3 is 1.90 bits per heavy atom. The quantitative estimate of drug-likeness (QED) is 0.0150. The van der Waals surface area contributed by atoms with Crippen LogP contribution in [0.15, 0.2) is 132 Å². The standard InChI is InChI=1S/C59H74N10O9/c1-5-61-56(74)69-55(60)64-34-15-24-49(53(72)66-37-39-25-31-43(70)32-26-39)67-54(73)51(40-17-7-6-8-18-40)41-27-29-42(30-28-41)62-35-16-36-63-52(71)50(68-58(76)78-59(2,3)4)23-13-14-33-65-57(75)77-38-48-46-21-11-9-19-44(46)45-20-10-12-22-47(45)48/h6-12,17-22,25-32,48-51,62,70H,5,13-16,23-24,33-38H2,1-4H3,(H,63,71)(H,65,75)(H,66,72)(H,67,73)(H,68,76)(H4,60,61,64,69,74)/t49-,50-,51?/m1/s1. The number of nitrogens with two attached hydrogens (primary N) is 1. The van der Waals surface area contributed by atoms with E-state index in [2.05, 4.69) is 71.8 Å². The number of nitrogens with zero attached hydrogens (tertiary/aromatic N) is 1. The molecule has 0 aromatic heterocycles. The molecule has 0 radical (unpaired) electrons. The number of anilines is 1. The van der Waals surface area contributed by atoms with Crippen LogP contribution in [0.1, 0.15) is 106 Å². The van der Waals surface area contributed by atoms with Crippen molar-refractivity contribution in [3.05, 3.63) is 155 Å². The first kappa shape index (κ1) is 58.6. The van der Waals surface area contributed by atoms with E-state index in [1.54, 1.807) is 39.8 Å². The van der Waals surface area contributed by atoms with Crippen molar-refractivity contribution in [1.82, 2.24) is 37.2 Å². The van der Waals surface area contributed by atoms with Crippen LogP contribution in [0.3, 0.4) is 0 Å². The van der Waals surface area contributed by atoms with Gasteiger partial charge in [-0.3, -0.25) is 24.7 Å². The summed E-state index contributed by atoms with van der Waals surface area (Å²) in [4.78, 5) is 83.2. The summed E-state index contributed by atoms with van der Waals surface area (Å²) in [6.45, 7) is 9.09. The SMILES string of the molecule is CCNC(=O)NC(N)=NCCC[C@@H](NC(=O)C(c1ccccc1)c1ccc(NCCCNC(=O)[C@@H](CCCCNC(=O)OCC2c3ccccc3-c3ccccc32)NC(=O)OC(C)(C)C)cc1)C(=O)NCc1ccc(O)cc1. The largest absolute Gasteiger partial charge is 0.508 e. The summed E-state index contributed by atoms with van der Waals surface area (Å²) in [5.41, 5.74) is 12.6. The van der Waals surface area contributed by atoms with Gasteiger partial charge in [0, 0.05) is 50.9 Å². The van der Waals surface area contributed by atoms with Crippen molar-refractivity contribution in [2.75, 3.05) is 44.6 Å². The number of guanidine groups is 1. The van der Waals surface area contributed by atoms with Crippen molar-refractivity contribution in [2.45, 2.75) is 102 Å². The number of aliphatic imine (C=N–C) groups is 1. The number of rotatable bonds is 26. The highest BCUT2D eigenvalue weighted by Crippen LogP contribution is 2.44. The number of fused-ring (bicyclic) bond motifs is 3. The molecule has 0 spiro atoms. The maximum Gasteiger partial charge on any atom is 0.408 e. The molecule has 19 nitrogen and oxygen atoms in total. The third-order valence-electron chi connectivity index (χ3n) is 12.7. The van der Waals surface area contributed by atoms with Crippen molar-refractivity contribution < 1.29 is 43.3 Å². The monoisotopic (exact) mass is 1070 g/mol. The molecule has 0 saturated carbocycles. The fourth-order valence-electron chi connectivity index (χ4n) is 8.93. The molecule has 0 fully saturated rings. The van der Waals surface area contributed by atoms with E-state index in [0.29, 0.717) is 69.4 Å². The Morgan fingerprint density at radius 1 is 0.628 bits per heavy atom. The zero-order valence-electron chi connectivity index (χ0n) is 44.9. The summed E-state index contributed by atoms with van der Waals surface area (Å²) < 4.78 is 11.1. The average molecular weight is 1070 g/mol. The number of hydrogen-bond acceptors (Lipinski definition) is 11. The Morgan fingerprint density at radius 2 is 1.23 bits per heavy atom. The highest BCUT2D eigenvalue weighted by atomic mass is 16.6. The third kappa shape index (κ3) is 18.6. The Kier molecular flexibility index (Phi) is 22.3. The molecular weight excluding hydrogens is 993 g/mol. The molecule has 1 unspecified atom stereocenters. The van der Waals surface area contributed by atoms with Crippen LogP contribution in [0, 0.1) is 0 Å². The second-order valence-corrected chi connectivity index (χ2v) is 19.8. The topological polar surface area (TPSA) is 276 Å². The summed E-state index contributed by atoms with van der Waals surface area (Å²) in [6.07, 6.45) is 1.25. The van der Waals surface area contributed by atoms with Gasteiger partial charge < -0.3 is 57.5 Å². The van der Waals surface area contributed by atoms with Gasteiger partial charge in [0.2, 0.25) is 17.7 Å². The first-order valence-electron chi connectivity index (χ1n) is 26.5. The fraction of sp³-hybridized carbons (Fsp3) is 0.373. The molecule has 1 aliphatic rings. The minimum Gasteiger partial charge on any atom is -0.508 e. The normalized spacial score (nSPS) is 13.1. The number of aromatic hydroxyl groups is 1. The maximum absolute atomic E-state index is 14.4. The van der Waals surface area contributed by atoms with Crippen LogP contribution in [0.25, 0.3) is 11.1 Å². The zero-order valence-corrected chi connectivity index (χ0v) is 44.9. The maximum atomic E-state index is 14.4. The van der Waals surface area contributed by atoms with E-state index in [9.17, 15) is 33.9 Å². The highest BCUT2D eigenvalue weighted by molar-refractivity contribution is 5.95. The Labute approximate surface area is 456 Å². The van der Waals surface area contributed by atoms with Gasteiger partial charge in [-0.2, -0.15) is 0 Å². The molecule has 78 heavy (non-hydrogen) atoms. The van der Waals surface area contributed by atoms with Crippen LogP contribution >= 0.6 is 0 Å². The first-order valence-corrected chi connectivity index (χ1v) is 26.5. The smallest absolute Gasteiger partial charge is 0.408 e. The van der Waals surface area contributed by atoms with Crippen LogP contribution < -0.4 is 48.3 Å². The summed E-state index contributed by atoms with van der Waals surface area (Å²) in [5.74, 6) is -1.98. The number of urea groups is 1. The number of phenols is 1. The van der Waals surface area contributed by atoms with Crippen molar-refractivity contribution >= 4 is 47.6 Å². The predicted octanol–water partition coefficient (Wildman–Crippen LogP) is 7.26. The van der Waals surface area contributed by atoms with Crippen molar-refractivity contribution in [2.24, 2.45) is 10.7 Å². The van der Waals surface area contributed by atoms with Gasteiger partial charge in [-0.15, -0.1) is 0 Å². The fourth-order valence-corrected chi connectivity index (χ4v) is 8.93. The molecule has 3 atom stereocenters. The molecule has 7 amide bonds. The Balaban J connectivity index is 0.985. The van der Waals surface area contributed by atoms with Gasteiger partial charge in [-0.25, -0.2) is 14.4 Å². The molecule has 0 heterocycles. The van der Waals surface area contributed by atoms with Gasteiger partial charge >= 0.3 is 18.2 Å². The number of amides is 7. The zero-order chi connectivity index (χ0) is 55.9. The number of carbonyl (C=O) groups is 6. The van der Waals surface area contributed by atoms with Gasteiger partial charge in [-0.1, -0.05) is 103 Å². The molecule has 1 aliphatic carbocycles. The van der Waals surface area contributed by atoms with Gasteiger partial charge in [-0.05, 0) is 129 Å². The second kappa shape index (κ2) is 29.6. The number of phenolic OH excluding ortho intramolecular Hbond substituents is 1. The van der Waals surface area contributed by atoms with E-state index in [1.807, 2.05) is 78.9 Å². The van der Waals surface area contributed by atoms with Gasteiger partial charge in [0.15, 0.2) is 5.96 Å². The van der Waals surface area contributed by atoms with Crippen LogP contribution in [-0.2, 0) is 30.4 Å². The van der Waals surface area contributed by atoms with Crippen LogP contribution in [0.5, 0.6) is 5.75 Å². The van der Waals surface area contributed by atoms with E-state index in [1.165, 1.54) is 12.1 Å². The van der Waals surface area contributed by atoms with Gasteiger partial charge in [0.25, 0.3) is 0 Å². The van der Waals surface area contributed by atoms with E-state index >= 15 is 0 Å². The highest BCUT2D eigenvalue weighted by Gasteiger charge is 2.31. The minimum atomic E-state index is -0.954. The van der Waals surface area contributed by atoms with Gasteiger partial charge in [0.1, 0.15) is 30.0 Å². The predicted molar refractivity (Wildman–Crippen MR) is 301 cm³/mol. The molecule has 0 bridgehead atoms. The summed E-state index contributed by atoms with van der Waals surface area (Å²) in [6, 6.07) is 37.1. The lowest BCUT2D eigenvalue weighted by Crippen LogP contribution is -2.48. The van der Waals surface area contributed by atoms with E-state index in [-0.39, 0.29) is 49.7 Å². The van der Waals surface area contributed by atoms with Crippen LogP contribution in [0.4, 0.5) is 20.1 Å². The summed E-state index contributed by atoms with van der Waals surface area (Å²) in [5, 5.41) is 32.4. The first-order chi connectivity index (χ1) is 37.6. The Hall–Kier alpha value is -8.61. The second-order valence-electron chi connectivity index (χ2n) is 19.8. The van der Waals surface area contributed by atoms with Crippen molar-refractivity contribution in [1.29, 1.82) is 0 Å². The lowest BCUT2D eigenvalue weighted by Gasteiger charge is -2.23. The molecule has 5 aromatic rings. The lowest BCUT2D eigenvalue weighted by atomic mass is 9.90. The molecule has 414 valence electrons. The summed E-state index contributed by atoms with van der Waals surface area (Å²) in [7, 11) is 0. The summed E-state index contributed by atoms with van der Waals surface area (Å²) >= 11 is 0. The number of alkyl carbamates (subject to hydrolysis) is 2.